The number of hydrogen-bond donors (Lipinski definition) is 2. The molecule has 0 spiro atoms. The number of anilines is 2. The maximum Gasteiger partial charge on any atom is 0.257 e. The van der Waals surface area contributed by atoms with Crippen LogP contribution in [0.25, 0.3) is 0 Å². The molecule has 4 nitrogen and oxygen atoms in total. The molecule has 0 radical (unpaired) electrons. The molecule has 2 N–H and O–H groups in total. The van der Waals surface area contributed by atoms with Crippen molar-refractivity contribution in [3.05, 3.63) is 52.8 Å². The van der Waals surface area contributed by atoms with E-state index >= 15 is 0 Å². The first-order chi connectivity index (χ1) is 11.6. The number of carbonyl (C=O) groups excluding carboxylic acids is 1. The zero-order valence-electron chi connectivity index (χ0n) is 13.8. The highest BCUT2D eigenvalue weighted by molar-refractivity contribution is 6.31. The minimum atomic E-state index is -0.180. The van der Waals surface area contributed by atoms with Crippen LogP contribution < -0.4 is 10.6 Å². The Labute approximate surface area is 147 Å². The second kappa shape index (κ2) is 7.67. The molecule has 24 heavy (non-hydrogen) atoms. The molecule has 1 saturated carbocycles. The normalized spacial score (nSPS) is 15.1. The first-order valence-corrected chi connectivity index (χ1v) is 8.79. The molecule has 1 heterocycles. The van der Waals surface area contributed by atoms with Crippen LogP contribution in [0.1, 0.15) is 48.0 Å². The molecule has 1 aliphatic rings. The Kier molecular flexibility index (Phi) is 5.36. The molecular formula is C19H22ClN3O. The van der Waals surface area contributed by atoms with E-state index in [1.54, 1.807) is 12.4 Å². The van der Waals surface area contributed by atoms with Crippen LogP contribution in [0.15, 0.2) is 36.7 Å². The lowest BCUT2D eigenvalue weighted by Crippen LogP contribution is -2.22. The maximum absolute atomic E-state index is 12.5. The second-order valence-corrected chi connectivity index (χ2v) is 6.72. The number of nitrogens with one attached hydrogen (secondary N) is 2. The van der Waals surface area contributed by atoms with E-state index in [4.69, 9.17) is 11.6 Å². The SMILES string of the molecule is Cc1c(Cl)cccc1NC(=O)c1cncc(NC2CCCCC2)c1. The Balaban J connectivity index is 1.70. The summed E-state index contributed by atoms with van der Waals surface area (Å²) in [7, 11) is 0. The van der Waals surface area contributed by atoms with Gasteiger partial charge in [-0.05, 0) is 43.5 Å². The molecule has 2 aromatic rings. The maximum atomic E-state index is 12.5. The van der Waals surface area contributed by atoms with E-state index in [0.717, 1.165) is 16.9 Å². The number of amides is 1. The van der Waals surface area contributed by atoms with E-state index in [0.29, 0.717) is 16.6 Å². The van der Waals surface area contributed by atoms with Crippen LogP contribution in [-0.4, -0.2) is 16.9 Å². The van der Waals surface area contributed by atoms with Gasteiger partial charge in [0, 0.05) is 29.1 Å². The number of hydrogen-bond acceptors (Lipinski definition) is 3. The fourth-order valence-corrected chi connectivity index (χ4v) is 3.24. The molecule has 1 fully saturated rings. The lowest BCUT2D eigenvalue weighted by molar-refractivity contribution is 0.102. The summed E-state index contributed by atoms with van der Waals surface area (Å²) in [4.78, 5) is 16.7. The molecule has 1 amide bonds. The molecule has 5 heteroatoms. The van der Waals surface area contributed by atoms with E-state index in [9.17, 15) is 4.79 Å². The van der Waals surface area contributed by atoms with Gasteiger partial charge in [-0.3, -0.25) is 9.78 Å². The van der Waals surface area contributed by atoms with Crippen LogP contribution in [0.3, 0.4) is 0 Å². The second-order valence-electron chi connectivity index (χ2n) is 6.31. The van der Waals surface area contributed by atoms with E-state index in [1.807, 2.05) is 31.2 Å². The van der Waals surface area contributed by atoms with Gasteiger partial charge in [0.05, 0.1) is 11.3 Å². The first-order valence-electron chi connectivity index (χ1n) is 8.41. The monoisotopic (exact) mass is 343 g/mol. The van der Waals surface area contributed by atoms with Crippen LogP contribution >= 0.6 is 11.6 Å². The number of carbonyl (C=O) groups is 1. The molecule has 0 saturated heterocycles. The topological polar surface area (TPSA) is 54.0 Å². The van der Waals surface area contributed by atoms with Crippen molar-refractivity contribution in [3.63, 3.8) is 0 Å². The molecule has 1 aromatic carbocycles. The van der Waals surface area contributed by atoms with Gasteiger partial charge < -0.3 is 10.6 Å². The molecule has 0 atom stereocenters. The Morgan fingerprint density at radius 3 is 2.79 bits per heavy atom. The lowest BCUT2D eigenvalue weighted by atomic mass is 9.95. The van der Waals surface area contributed by atoms with E-state index in [-0.39, 0.29) is 5.91 Å². The quantitative estimate of drug-likeness (QED) is 0.817. The zero-order chi connectivity index (χ0) is 16.9. The lowest BCUT2D eigenvalue weighted by Gasteiger charge is -2.23. The molecule has 0 unspecified atom stereocenters. The van der Waals surface area contributed by atoms with Gasteiger partial charge in [0.1, 0.15) is 0 Å². The van der Waals surface area contributed by atoms with Crippen molar-refractivity contribution >= 4 is 28.9 Å². The molecule has 3 rings (SSSR count). The van der Waals surface area contributed by atoms with Gasteiger partial charge in [0.2, 0.25) is 0 Å². The number of aromatic nitrogens is 1. The molecule has 0 bridgehead atoms. The van der Waals surface area contributed by atoms with Gasteiger partial charge in [-0.25, -0.2) is 0 Å². The van der Waals surface area contributed by atoms with Crippen LogP contribution in [0.5, 0.6) is 0 Å². The van der Waals surface area contributed by atoms with Crippen molar-refractivity contribution < 1.29 is 4.79 Å². The van der Waals surface area contributed by atoms with Crippen LogP contribution in [-0.2, 0) is 0 Å². The van der Waals surface area contributed by atoms with E-state index in [1.165, 1.54) is 32.1 Å². The largest absolute Gasteiger partial charge is 0.381 e. The van der Waals surface area contributed by atoms with Gasteiger partial charge in [0.15, 0.2) is 0 Å². The van der Waals surface area contributed by atoms with Gasteiger partial charge in [-0.2, -0.15) is 0 Å². The molecular weight excluding hydrogens is 322 g/mol. The van der Waals surface area contributed by atoms with Gasteiger partial charge >= 0.3 is 0 Å². The fraction of sp³-hybridized carbons (Fsp3) is 0.368. The molecule has 1 aliphatic carbocycles. The average Bonchev–Trinajstić information content (AvgIpc) is 2.60. The summed E-state index contributed by atoms with van der Waals surface area (Å²) in [6.07, 6.45) is 9.56. The Bertz CT molecular complexity index is 726. The third kappa shape index (κ3) is 4.06. The summed E-state index contributed by atoms with van der Waals surface area (Å²) in [5, 5.41) is 7.04. The summed E-state index contributed by atoms with van der Waals surface area (Å²) in [6, 6.07) is 7.81. The minimum Gasteiger partial charge on any atom is -0.381 e. The highest BCUT2D eigenvalue weighted by atomic mass is 35.5. The van der Waals surface area contributed by atoms with Crippen LogP contribution in [0, 0.1) is 6.92 Å². The third-order valence-electron chi connectivity index (χ3n) is 4.49. The van der Waals surface area contributed by atoms with Gasteiger partial charge in [-0.15, -0.1) is 0 Å². The summed E-state index contributed by atoms with van der Waals surface area (Å²) in [5.74, 6) is -0.180. The van der Waals surface area contributed by atoms with Gasteiger partial charge in [-0.1, -0.05) is 36.9 Å². The predicted molar refractivity (Wildman–Crippen MR) is 98.9 cm³/mol. The standard InChI is InChI=1S/C19H22ClN3O/c1-13-17(20)8-5-9-18(13)23-19(24)14-10-16(12-21-11-14)22-15-6-3-2-4-7-15/h5,8-12,15,22H,2-4,6-7H2,1H3,(H,23,24). The summed E-state index contributed by atoms with van der Waals surface area (Å²) < 4.78 is 0. The zero-order valence-corrected chi connectivity index (χ0v) is 14.6. The fourth-order valence-electron chi connectivity index (χ4n) is 3.06. The average molecular weight is 344 g/mol. The number of rotatable bonds is 4. The summed E-state index contributed by atoms with van der Waals surface area (Å²) in [5.41, 5.74) is 3.02. The molecule has 0 aliphatic heterocycles. The third-order valence-corrected chi connectivity index (χ3v) is 4.90. The summed E-state index contributed by atoms with van der Waals surface area (Å²) >= 11 is 6.10. The van der Waals surface area contributed by atoms with Crippen LogP contribution in [0.2, 0.25) is 5.02 Å². The minimum absolute atomic E-state index is 0.180. The van der Waals surface area contributed by atoms with Crippen molar-refractivity contribution in [1.82, 2.24) is 4.98 Å². The van der Waals surface area contributed by atoms with Crippen LogP contribution in [0.4, 0.5) is 11.4 Å². The Morgan fingerprint density at radius 2 is 2.00 bits per heavy atom. The highest BCUT2D eigenvalue weighted by Crippen LogP contribution is 2.24. The Hall–Kier alpha value is -2.07. The number of halogens is 1. The van der Waals surface area contributed by atoms with Crippen molar-refractivity contribution in [3.8, 4) is 0 Å². The molecule has 126 valence electrons. The van der Waals surface area contributed by atoms with Crippen molar-refractivity contribution in [2.75, 3.05) is 10.6 Å². The number of nitrogens with zero attached hydrogens (tertiary/aromatic N) is 1. The van der Waals surface area contributed by atoms with E-state index in [2.05, 4.69) is 15.6 Å². The summed E-state index contributed by atoms with van der Waals surface area (Å²) in [6.45, 7) is 1.89. The number of pyridine rings is 1. The van der Waals surface area contributed by atoms with Crippen molar-refractivity contribution in [2.45, 2.75) is 45.1 Å². The van der Waals surface area contributed by atoms with Crippen molar-refractivity contribution in [1.29, 1.82) is 0 Å². The highest BCUT2D eigenvalue weighted by Gasteiger charge is 2.14. The molecule has 1 aromatic heterocycles. The predicted octanol–water partition coefficient (Wildman–Crippen LogP) is 5.04. The number of benzene rings is 1. The van der Waals surface area contributed by atoms with Crippen molar-refractivity contribution in [2.24, 2.45) is 0 Å². The van der Waals surface area contributed by atoms with E-state index < -0.39 is 0 Å². The smallest absolute Gasteiger partial charge is 0.257 e. The Morgan fingerprint density at radius 1 is 1.21 bits per heavy atom. The first kappa shape index (κ1) is 16.8. The van der Waals surface area contributed by atoms with Gasteiger partial charge in [0.25, 0.3) is 5.91 Å².